The van der Waals surface area contributed by atoms with Gasteiger partial charge in [-0.1, -0.05) is 13.8 Å². The summed E-state index contributed by atoms with van der Waals surface area (Å²) < 4.78 is 31.4. The number of amides is 1. The third-order valence-electron chi connectivity index (χ3n) is 2.70. The summed E-state index contributed by atoms with van der Waals surface area (Å²) in [6.07, 6.45) is 0. The van der Waals surface area contributed by atoms with Gasteiger partial charge in [0.2, 0.25) is 10.0 Å². The summed E-state index contributed by atoms with van der Waals surface area (Å²) in [7, 11) is -1.97. The second-order valence-electron chi connectivity index (χ2n) is 5.02. The summed E-state index contributed by atoms with van der Waals surface area (Å²) in [6.45, 7) is 5.07. The van der Waals surface area contributed by atoms with Crippen molar-refractivity contribution in [1.29, 1.82) is 0 Å². The van der Waals surface area contributed by atoms with Gasteiger partial charge < -0.3 is 10.1 Å². The molecule has 1 aromatic rings. The zero-order valence-electron chi connectivity index (χ0n) is 12.5. The Bertz CT molecular complexity index is 553. The molecule has 2 N–H and O–H groups in total. The van der Waals surface area contributed by atoms with Gasteiger partial charge in [-0.2, -0.15) is 0 Å². The first-order valence-electron chi connectivity index (χ1n) is 6.73. The molecule has 1 rings (SSSR count). The van der Waals surface area contributed by atoms with Gasteiger partial charge in [0.1, 0.15) is 0 Å². The third-order valence-corrected chi connectivity index (χ3v) is 4.14. The molecule has 0 bridgehead atoms. The topological polar surface area (TPSA) is 84.5 Å². The lowest BCUT2D eigenvalue weighted by Crippen LogP contribution is -2.28. The fraction of sp³-hybridized carbons (Fsp3) is 0.500. The van der Waals surface area contributed by atoms with E-state index in [2.05, 4.69) is 10.0 Å². The van der Waals surface area contributed by atoms with E-state index >= 15 is 0 Å². The molecule has 0 aliphatic carbocycles. The van der Waals surface area contributed by atoms with Gasteiger partial charge in [0, 0.05) is 25.8 Å². The number of carbonyl (C=O) groups excluding carboxylic acids is 1. The molecule has 0 spiro atoms. The maximum Gasteiger partial charge on any atom is 0.251 e. The predicted molar refractivity (Wildman–Crippen MR) is 80.7 cm³/mol. The van der Waals surface area contributed by atoms with Crippen LogP contribution in [0.15, 0.2) is 29.2 Å². The molecule has 0 heterocycles. The highest BCUT2D eigenvalue weighted by molar-refractivity contribution is 7.89. The van der Waals surface area contributed by atoms with Crippen LogP contribution in [-0.4, -0.2) is 41.1 Å². The van der Waals surface area contributed by atoms with Gasteiger partial charge in [0.25, 0.3) is 5.91 Å². The molecular weight excluding hydrogens is 292 g/mol. The molecule has 0 radical (unpaired) electrons. The van der Waals surface area contributed by atoms with Gasteiger partial charge in [-0.05, 0) is 30.2 Å². The third kappa shape index (κ3) is 5.82. The van der Waals surface area contributed by atoms with Crippen LogP contribution < -0.4 is 10.0 Å². The van der Waals surface area contributed by atoms with Crippen molar-refractivity contribution in [3.05, 3.63) is 29.8 Å². The Hall–Kier alpha value is -1.44. The Kier molecular flexibility index (Phi) is 6.80. The van der Waals surface area contributed by atoms with Crippen molar-refractivity contribution in [2.24, 2.45) is 5.92 Å². The highest BCUT2D eigenvalue weighted by atomic mass is 32.2. The van der Waals surface area contributed by atoms with E-state index in [-0.39, 0.29) is 16.7 Å². The van der Waals surface area contributed by atoms with Crippen molar-refractivity contribution in [1.82, 2.24) is 10.0 Å². The minimum Gasteiger partial charge on any atom is -0.383 e. The Balaban J connectivity index is 2.71. The van der Waals surface area contributed by atoms with E-state index in [1.54, 1.807) is 7.11 Å². The van der Waals surface area contributed by atoms with E-state index in [1.165, 1.54) is 24.3 Å². The Morgan fingerprint density at radius 3 is 2.38 bits per heavy atom. The molecule has 1 aromatic carbocycles. The van der Waals surface area contributed by atoms with Crippen LogP contribution in [0.5, 0.6) is 0 Å². The van der Waals surface area contributed by atoms with Gasteiger partial charge in [-0.25, -0.2) is 13.1 Å². The standard InChI is InChI=1S/C14H22N2O4S/c1-11(2)10-16-21(18,19)13-6-4-12(5-7-13)14(17)15-8-9-20-3/h4-7,11,16H,8-10H2,1-3H3,(H,15,17). The van der Waals surface area contributed by atoms with E-state index in [0.717, 1.165) is 0 Å². The fourth-order valence-corrected chi connectivity index (χ4v) is 2.73. The molecular formula is C14H22N2O4S. The number of rotatable bonds is 8. The van der Waals surface area contributed by atoms with Gasteiger partial charge >= 0.3 is 0 Å². The van der Waals surface area contributed by atoms with Gasteiger partial charge in [-0.15, -0.1) is 0 Å². The molecule has 0 atom stereocenters. The van der Waals surface area contributed by atoms with Crippen molar-refractivity contribution in [3.63, 3.8) is 0 Å². The zero-order valence-corrected chi connectivity index (χ0v) is 13.4. The molecule has 0 saturated carbocycles. The molecule has 0 aliphatic heterocycles. The van der Waals surface area contributed by atoms with Crippen LogP contribution in [0.1, 0.15) is 24.2 Å². The number of ether oxygens (including phenoxy) is 1. The van der Waals surface area contributed by atoms with Crippen LogP contribution in [0.25, 0.3) is 0 Å². The SMILES string of the molecule is COCCNC(=O)c1ccc(S(=O)(=O)NCC(C)C)cc1. The summed E-state index contributed by atoms with van der Waals surface area (Å²) in [5, 5.41) is 2.67. The Labute approximate surface area is 125 Å². The molecule has 118 valence electrons. The largest absolute Gasteiger partial charge is 0.383 e. The number of methoxy groups -OCH3 is 1. The van der Waals surface area contributed by atoms with Crippen molar-refractivity contribution in [3.8, 4) is 0 Å². The Morgan fingerprint density at radius 1 is 1.24 bits per heavy atom. The number of hydrogen-bond donors (Lipinski definition) is 2. The number of hydrogen-bond acceptors (Lipinski definition) is 4. The molecule has 21 heavy (non-hydrogen) atoms. The summed E-state index contributed by atoms with van der Waals surface area (Å²) in [4.78, 5) is 11.9. The molecule has 0 saturated heterocycles. The number of carbonyl (C=O) groups is 1. The molecule has 0 aromatic heterocycles. The molecule has 0 aliphatic rings. The van der Waals surface area contributed by atoms with Crippen molar-refractivity contribution < 1.29 is 17.9 Å². The quantitative estimate of drug-likeness (QED) is 0.701. The van der Waals surface area contributed by atoms with E-state index in [1.807, 2.05) is 13.8 Å². The van der Waals surface area contributed by atoms with Gasteiger partial charge in [0.15, 0.2) is 0 Å². The van der Waals surface area contributed by atoms with E-state index < -0.39 is 10.0 Å². The van der Waals surface area contributed by atoms with Crippen LogP contribution in [0, 0.1) is 5.92 Å². The molecule has 1 amide bonds. The van der Waals surface area contributed by atoms with Crippen LogP contribution in [0.2, 0.25) is 0 Å². The highest BCUT2D eigenvalue weighted by Crippen LogP contribution is 2.11. The van der Waals surface area contributed by atoms with Crippen LogP contribution >= 0.6 is 0 Å². The first-order valence-corrected chi connectivity index (χ1v) is 8.22. The van der Waals surface area contributed by atoms with E-state index in [9.17, 15) is 13.2 Å². The first-order chi connectivity index (χ1) is 9.86. The fourth-order valence-electron chi connectivity index (χ4n) is 1.51. The smallest absolute Gasteiger partial charge is 0.251 e. The molecule has 0 fully saturated rings. The average molecular weight is 314 g/mol. The maximum atomic E-state index is 12.0. The average Bonchev–Trinajstić information content (AvgIpc) is 2.45. The minimum atomic E-state index is -3.52. The number of benzene rings is 1. The molecule has 6 nitrogen and oxygen atoms in total. The molecule has 0 unspecified atom stereocenters. The van der Waals surface area contributed by atoms with Crippen LogP contribution in [0.4, 0.5) is 0 Å². The van der Waals surface area contributed by atoms with Crippen molar-refractivity contribution >= 4 is 15.9 Å². The summed E-state index contributed by atoms with van der Waals surface area (Å²) in [5.74, 6) is -0.0308. The van der Waals surface area contributed by atoms with Crippen molar-refractivity contribution in [2.75, 3.05) is 26.8 Å². The van der Waals surface area contributed by atoms with Crippen LogP contribution in [0.3, 0.4) is 0 Å². The second-order valence-corrected chi connectivity index (χ2v) is 6.79. The maximum absolute atomic E-state index is 12.0. The summed E-state index contributed by atoms with van der Waals surface area (Å²) in [6, 6.07) is 5.83. The zero-order chi connectivity index (χ0) is 15.9. The summed E-state index contributed by atoms with van der Waals surface area (Å²) >= 11 is 0. The minimum absolute atomic E-state index is 0.150. The summed E-state index contributed by atoms with van der Waals surface area (Å²) in [5.41, 5.74) is 0.411. The Morgan fingerprint density at radius 2 is 1.86 bits per heavy atom. The lowest BCUT2D eigenvalue weighted by molar-refractivity contribution is 0.0937. The van der Waals surface area contributed by atoms with Crippen LogP contribution in [-0.2, 0) is 14.8 Å². The lowest BCUT2D eigenvalue weighted by Gasteiger charge is -2.09. The van der Waals surface area contributed by atoms with Gasteiger partial charge in [0.05, 0.1) is 11.5 Å². The van der Waals surface area contributed by atoms with E-state index in [4.69, 9.17) is 4.74 Å². The number of nitrogens with one attached hydrogen (secondary N) is 2. The van der Waals surface area contributed by atoms with Gasteiger partial charge in [-0.3, -0.25) is 4.79 Å². The lowest BCUT2D eigenvalue weighted by atomic mass is 10.2. The monoisotopic (exact) mass is 314 g/mol. The highest BCUT2D eigenvalue weighted by Gasteiger charge is 2.15. The predicted octanol–water partition coefficient (Wildman–Crippen LogP) is 0.997. The normalized spacial score (nSPS) is 11.6. The number of sulfonamides is 1. The first kappa shape index (κ1) is 17.6. The van der Waals surface area contributed by atoms with Crippen molar-refractivity contribution in [2.45, 2.75) is 18.7 Å². The second kappa shape index (κ2) is 8.11. The molecule has 7 heteroatoms. The van der Waals surface area contributed by atoms with E-state index in [0.29, 0.717) is 25.3 Å².